The van der Waals surface area contributed by atoms with E-state index in [1.807, 2.05) is 36.9 Å². The topological polar surface area (TPSA) is 71.5 Å². The van der Waals surface area contributed by atoms with Gasteiger partial charge >= 0.3 is 0 Å². The van der Waals surface area contributed by atoms with Crippen molar-refractivity contribution in [2.24, 2.45) is 0 Å². The third-order valence-corrected chi connectivity index (χ3v) is 4.23. The number of benzene rings is 1. The second-order valence-electron chi connectivity index (χ2n) is 5.97. The van der Waals surface area contributed by atoms with Crippen molar-refractivity contribution in [3.05, 3.63) is 58.9 Å². The van der Waals surface area contributed by atoms with Crippen molar-refractivity contribution in [1.29, 1.82) is 0 Å². The average molecular weight is 374 g/mol. The standard InChI is InChI=1S/C19H20ClN3O3/c1-3-23(11-15-10-18(26-22-15)17-5-4-8-25-17)12-19(24)21-16-9-14(20)7-6-13(16)2/h4-10H,3,11-12H2,1-2H3,(H,21,24). The maximum atomic E-state index is 12.4. The van der Waals surface area contributed by atoms with Crippen LogP contribution in [0.15, 0.2) is 51.6 Å². The zero-order valence-corrected chi connectivity index (χ0v) is 15.4. The molecule has 1 N–H and O–H groups in total. The molecule has 0 atom stereocenters. The lowest BCUT2D eigenvalue weighted by molar-refractivity contribution is -0.117. The lowest BCUT2D eigenvalue weighted by atomic mass is 10.2. The number of carbonyl (C=O) groups excluding carboxylic acids is 1. The van der Waals surface area contributed by atoms with E-state index in [1.165, 1.54) is 0 Å². The summed E-state index contributed by atoms with van der Waals surface area (Å²) in [6.07, 6.45) is 1.58. The Labute approximate surface area is 156 Å². The predicted octanol–water partition coefficient (Wildman–Crippen LogP) is 4.36. The molecular formula is C19H20ClN3O3. The van der Waals surface area contributed by atoms with Gasteiger partial charge in [-0.1, -0.05) is 29.7 Å². The minimum absolute atomic E-state index is 0.105. The molecule has 0 spiro atoms. The van der Waals surface area contributed by atoms with Crippen LogP contribution in [0.1, 0.15) is 18.2 Å². The van der Waals surface area contributed by atoms with Gasteiger partial charge in [-0.2, -0.15) is 0 Å². The van der Waals surface area contributed by atoms with Crippen molar-refractivity contribution in [3.8, 4) is 11.5 Å². The first-order valence-electron chi connectivity index (χ1n) is 8.33. The molecule has 0 aliphatic heterocycles. The number of hydrogen-bond acceptors (Lipinski definition) is 5. The highest BCUT2D eigenvalue weighted by Crippen LogP contribution is 2.22. The van der Waals surface area contributed by atoms with Crippen LogP contribution in [-0.2, 0) is 11.3 Å². The second kappa shape index (κ2) is 8.21. The van der Waals surface area contributed by atoms with Crippen LogP contribution in [0, 0.1) is 6.92 Å². The van der Waals surface area contributed by atoms with Crippen molar-refractivity contribution in [1.82, 2.24) is 10.1 Å². The molecule has 0 aliphatic carbocycles. The van der Waals surface area contributed by atoms with Crippen LogP contribution in [0.25, 0.3) is 11.5 Å². The molecule has 0 aliphatic rings. The molecule has 0 bridgehead atoms. The Balaban J connectivity index is 1.60. The fourth-order valence-electron chi connectivity index (χ4n) is 2.55. The van der Waals surface area contributed by atoms with Gasteiger partial charge in [0.25, 0.3) is 0 Å². The maximum absolute atomic E-state index is 12.4. The molecule has 0 saturated carbocycles. The third kappa shape index (κ3) is 4.53. The van der Waals surface area contributed by atoms with E-state index in [9.17, 15) is 4.79 Å². The monoisotopic (exact) mass is 373 g/mol. The minimum atomic E-state index is -0.105. The van der Waals surface area contributed by atoms with Gasteiger partial charge in [0.15, 0.2) is 5.76 Å². The number of aromatic nitrogens is 1. The normalized spacial score (nSPS) is 11.1. The van der Waals surface area contributed by atoms with Gasteiger partial charge in [0.05, 0.1) is 18.5 Å². The summed E-state index contributed by atoms with van der Waals surface area (Å²) in [6, 6.07) is 10.8. The fourth-order valence-corrected chi connectivity index (χ4v) is 2.72. The number of aryl methyl sites for hydroxylation is 1. The van der Waals surface area contributed by atoms with E-state index in [-0.39, 0.29) is 12.5 Å². The molecule has 0 radical (unpaired) electrons. The van der Waals surface area contributed by atoms with E-state index >= 15 is 0 Å². The van der Waals surface area contributed by atoms with E-state index in [4.69, 9.17) is 20.5 Å². The molecule has 1 amide bonds. The Hall–Kier alpha value is -2.57. The molecule has 2 aromatic heterocycles. The molecule has 3 aromatic rings. The number of nitrogens with one attached hydrogen (secondary N) is 1. The van der Waals surface area contributed by atoms with Crippen LogP contribution >= 0.6 is 11.6 Å². The van der Waals surface area contributed by atoms with Crippen molar-refractivity contribution in [2.45, 2.75) is 20.4 Å². The highest BCUT2D eigenvalue weighted by atomic mass is 35.5. The smallest absolute Gasteiger partial charge is 0.238 e. The Bertz CT molecular complexity index is 874. The van der Waals surface area contributed by atoms with Crippen molar-refractivity contribution in [3.63, 3.8) is 0 Å². The van der Waals surface area contributed by atoms with Gasteiger partial charge in [0.2, 0.25) is 11.7 Å². The van der Waals surface area contributed by atoms with Crippen LogP contribution in [0.2, 0.25) is 5.02 Å². The largest absolute Gasteiger partial charge is 0.461 e. The van der Waals surface area contributed by atoms with E-state index in [2.05, 4.69) is 10.5 Å². The fraction of sp³-hybridized carbons (Fsp3) is 0.263. The van der Waals surface area contributed by atoms with Crippen LogP contribution in [0.4, 0.5) is 5.69 Å². The summed E-state index contributed by atoms with van der Waals surface area (Å²) in [7, 11) is 0. The molecular weight excluding hydrogens is 354 g/mol. The molecule has 0 unspecified atom stereocenters. The van der Waals surface area contributed by atoms with Gasteiger partial charge in [-0.3, -0.25) is 9.69 Å². The number of halogens is 1. The molecule has 0 saturated heterocycles. The van der Waals surface area contributed by atoms with Crippen molar-refractivity contribution < 1.29 is 13.7 Å². The zero-order valence-electron chi connectivity index (χ0n) is 14.7. The highest BCUT2D eigenvalue weighted by Gasteiger charge is 2.15. The summed E-state index contributed by atoms with van der Waals surface area (Å²) in [5.74, 6) is 1.09. The number of anilines is 1. The van der Waals surface area contributed by atoms with E-state index in [1.54, 1.807) is 24.5 Å². The number of hydrogen-bond donors (Lipinski definition) is 1. The first-order chi connectivity index (χ1) is 12.5. The van der Waals surface area contributed by atoms with E-state index in [0.29, 0.717) is 29.6 Å². The minimum Gasteiger partial charge on any atom is -0.461 e. The Morgan fingerprint density at radius 1 is 1.27 bits per heavy atom. The highest BCUT2D eigenvalue weighted by molar-refractivity contribution is 6.31. The summed E-state index contributed by atoms with van der Waals surface area (Å²) in [4.78, 5) is 14.3. The number of amides is 1. The average Bonchev–Trinajstić information content (AvgIpc) is 3.28. The van der Waals surface area contributed by atoms with Gasteiger partial charge in [0.1, 0.15) is 0 Å². The van der Waals surface area contributed by atoms with Gasteiger partial charge in [0, 0.05) is 23.3 Å². The van der Waals surface area contributed by atoms with E-state index in [0.717, 1.165) is 16.9 Å². The SMILES string of the molecule is CCN(CC(=O)Nc1cc(Cl)ccc1C)Cc1cc(-c2ccco2)on1. The van der Waals surface area contributed by atoms with Crippen LogP contribution < -0.4 is 5.32 Å². The molecule has 7 heteroatoms. The van der Waals surface area contributed by atoms with Gasteiger partial charge in [-0.15, -0.1) is 0 Å². The molecule has 1 aromatic carbocycles. The Morgan fingerprint density at radius 3 is 2.85 bits per heavy atom. The third-order valence-electron chi connectivity index (χ3n) is 4.00. The molecule has 26 heavy (non-hydrogen) atoms. The lowest BCUT2D eigenvalue weighted by Crippen LogP contribution is -2.33. The summed E-state index contributed by atoms with van der Waals surface area (Å²) in [6.45, 7) is 5.36. The Morgan fingerprint density at radius 2 is 2.12 bits per heavy atom. The first kappa shape index (κ1) is 18.2. The number of carbonyl (C=O) groups is 1. The quantitative estimate of drug-likeness (QED) is 0.666. The first-order valence-corrected chi connectivity index (χ1v) is 8.70. The van der Waals surface area contributed by atoms with E-state index < -0.39 is 0 Å². The van der Waals surface area contributed by atoms with Gasteiger partial charge in [-0.05, 0) is 43.3 Å². The van der Waals surface area contributed by atoms with Crippen LogP contribution in [0.3, 0.4) is 0 Å². The van der Waals surface area contributed by atoms with Crippen LogP contribution in [-0.4, -0.2) is 29.1 Å². The number of furan rings is 1. The Kier molecular flexibility index (Phi) is 5.75. The zero-order chi connectivity index (χ0) is 18.5. The molecule has 0 fully saturated rings. The summed E-state index contributed by atoms with van der Waals surface area (Å²) >= 11 is 6.00. The number of rotatable bonds is 7. The van der Waals surface area contributed by atoms with Crippen molar-refractivity contribution >= 4 is 23.2 Å². The lowest BCUT2D eigenvalue weighted by Gasteiger charge is -2.18. The summed E-state index contributed by atoms with van der Waals surface area (Å²) < 4.78 is 10.6. The predicted molar refractivity (Wildman–Crippen MR) is 100.0 cm³/mol. The maximum Gasteiger partial charge on any atom is 0.238 e. The molecule has 6 nitrogen and oxygen atoms in total. The number of nitrogens with zero attached hydrogens (tertiary/aromatic N) is 2. The van der Waals surface area contributed by atoms with Gasteiger partial charge in [-0.25, -0.2) is 0 Å². The second-order valence-corrected chi connectivity index (χ2v) is 6.41. The molecule has 2 heterocycles. The summed E-state index contributed by atoms with van der Waals surface area (Å²) in [5.41, 5.74) is 2.43. The molecule has 136 valence electrons. The summed E-state index contributed by atoms with van der Waals surface area (Å²) in [5, 5.41) is 7.55. The number of likely N-dealkylation sites (N-methyl/N-ethyl adjacent to an activating group) is 1. The van der Waals surface area contributed by atoms with Gasteiger partial charge < -0.3 is 14.3 Å². The molecule has 3 rings (SSSR count). The van der Waals surface area contributed by atoms with Crippen LogP contribution in [0.5, 0.6) is 0 Å². The van der Waals surface area contributed by atoms with Crippen molar-refractivity contribution in [2.75, 3.05) is 18.4 Å².